The molecule has 0 aromatic heterocycles. The molecule has 196 valence electrons. The molecule has 0 heterocycles. The first-order valence-electron chi connectivity index (χ1n) is 12.5. The zero-order chi connectivity index (χ0) is 26.8. The number of aliphatic hydroxyl groups is 1. The molecule has 3 unspecified atom stereocenters. The number of ether oxygens (including phenoxy) is 2. The van der Waals surface area contributed by atoms with E-state index in [2.05, 4.69) is 13.2 Å². The molecule has 0 aromatic rings. The number of esters is 1. The monoisotopic (exact) mass is 497 g/mol. The Bertz CT molecular complexity index is 1060. The molecule has 0 radical (unpaired) electrons. The molecule has 0 aromatic carbocycles. The zero-order valence-electron chi connectivity index (χ0n) is 22.2. The van der Waals surface area contributed by atoms with E-state index in [1.54, 1.807) is 12.2 Å². The molecule has 7 heteroatoms. The van der Waals surface area contributed by atoms with Gasteiger partial charge in [-0.15, -0.1) is 13.2 Å². The third kappa shape index (κ3) is 4.49. The van der Waals surface area contributed by atoms with Crippen LogP contribution in [0, 0.1) is 16.7 Å². The number of allylic oxidation sites excluding steroid dienone is 2. The van der Waals surface area contributed by atoms with Crippen LogP contribution in [0.15, 0.2) is 59.6 Å². The quantitative estimate of drug-likeness (QED) is 0.348. The first-order valence-corrected chi connectivity index (χ1v) is 12.5. The summed E-state index contributed by atoms with van der Waals surface area (Å²) >= 11 is 0. The largest absolute Gasteiger partial charge is 0.504 e. The molecule has 1 fully saturated rings. The number of carbonyl (C=O) groups is 3. The number of fused-ring (bicyclic) bond motifs is 2. The van der Waals surface area contributed by atoms with Gasteiger partial charge in [0.05, 0.1) is 12.0 Å². The zero-order valence-corrected chi connectivity index (χ0v) is 22.2. The number of Topliss-reactive ketones (excluding diaryl/α,β-unsaturated/α-hetero) is 2. The van der Waals surface area contributed by atoms with Crippen LogP contribution < -0.4 is 0 Å². The summed E-state index contributed by atoms with van der Waals surface area (Å²) in [5.41, 5.74) is 0.765. The van der Waals surface area contributed by atoms with Crippen molar-refractivity contribution in [2.75, 3.05) is 26.8 Å². The van der Waals surface area contributed by atoms with Crippen molar-refractivity contribution >= 4 is 17.5 Å². The van der Waals surface area contributed by atoms with E-state index in [4.69, 9.17) is 9.47 Å². The Morgan fingerprint density at radius 1 is 1.19 bits per heavy atom. The summed E-state index contributed by atoms with van der Waals surface area (Å²) in [7, 11) is 1.53. The highest BCUT2D eigenvalue weighted by atomic mass is 16.6. The van der Waals surface area contributed by atoms with Crippen molar-refractivity contribution in [3.63, 3.8) is 0 Å². The number of carbonyl (C=O) groups excluding carboxylic acids is 3. The number of methoxy groups -OCH3 is 1. The second-order valence-electron chi connectivity index (χ2n) is 10.5. The van der Waals surface area contributed by atoms with Crippen molar-refractivity contribution in [1.29, 1.82) is 0 Å². The van der Waals surface area contributed by atoms with Crippen LogP contribution in [0.3, 0.4) is 0 Å². The van der Waals surface area contributed by atoms with Crippen LogP contribution >= 0.6 is 0 Å². The lowest BCUT2D eigenvalue weighted by Crippen LogP contribution is -2.50. The van der Waals surface area contributed by atoms with Gasteiger partial charge < -0.3 is 19.5 Å². The van der Waals surface area contributed by atoms with Crippen molar-refractivity contribution in [3.05, 3.63) is 59.6 Å². The Balaban J connectivity index is 2.28. The Morgan fingerprint density at radius 3 is 2.39 bits per heavy atom. The third-order valence-electron chi connectivity index (χ3n) is 8.24. The lowest BCUT2D eigenvalue weighted by molar-refractivity contribution is -0.154. The molecule has 0 amide bonds. The van der Waals surface area contributed by atoms with Crippen LogP contribution in [0.4, 0.5) is 0 Å². The number of hydrogen-bond donors (Lipinski definition) is 1. The molecular formula is C29H39NO6. The summed E-state index contributed by atoms with van der Waals surface area (Å²) in [4.78, 5) is 40.8. The second-order valence-corrected chi connectivity index (χ2v) is 10.5. The van der Waals surface area contributed by atoms with Gasteiger partial charge in [0.25, 0.3) is 0 Å². The molecule has 0 spiro atoms. The Morgan fingerprint density at radius 2 is 1.83 bits per heavy atom. The highest BCUT2D eigenvalue weighted by Crippen LogP contribution is 2.60. The molecular weight excluding hydrogens is 458 g/mol. The van der Waals surface area contributed by atoms with Gasteiger partial charge in [-0.2, -0.15) is 0 Å². The third-order valence-corrected chi connectivity index (χ3v) is 8.24. The van der Waals surface area contributed by atoms with Crippen LogP contribution in [0.1, 0.15) is 53.4 Å². The summed E-state index contributed by atoms with van der Waals surface area (Å²) in [6.07, 6.45) is 6.70. The van der Waals surface area contributed by atoms with Crippen molar-refractivity contribution in [1.82, 2.24) is 4.90 Å². The van der Waals surface area contributed by atoms with E-state index in [0.717, 1.165) is 5.57 Å². The second kappa shape index (κ2) is 10.6. The average molecular weight is 498 g/mol. The molecule has 0 bridgehead atoms. The number of nitrogens with zero attached hydrogens (tertiary/aromatic N) is 1. The first-order chi connectivity index (χ1) is 17.0. The van der Waals surface area contributed by atoms with Crippen LogP contribution in [0.25, 0.3) is 0 Å². The maximum Gasteiger partial charge on any atom is 0.303 e. The Kier molecular flexibility index (Phi) is 8.13. The van der Waals surface area contributed by atoms with Gasteiger partial charge in [0, 0.05) is 62.2 Å². The molecule has 7 nitrogen and oxygen atoms in total. The minimum atomic E-state index is -1.03. The van der Waals surface area contributed by atoms with Gasteiger partial charge in [-0.25, -0.2) is 0 Å². The van der Waals surface area contributed by atoms with Gasteiger partial charge in [-0.3, -0.25) is 14.4 Å². The minimum absolute atomic E-state index is 0.0784. The van der Waals surface area contributed by atoms with Crippen LogP contribution in [0.5, 0.6) is 0 Å². The summed E-state index contributed by atoms with van der Waals surface area (Å²) in [6, 6.07) is 0. The number of ketones is 2. The lowest BCUT2D eigenvalue weighted by Gasteiger charge is -2.49. The molecule has 0 aliphatic heterocycles. The van der Waals surface area contributed by atoms with Crippen molar-refractivity contribution in [2.45, 2.75) is 59.5 Å². The molecule has 3 aliphatic carbocycles. The molecule has 3 rings (SSSR count). The van der Waals surface area contributed by atoms with E-state index in [1.165, 1.54) is 14.0 Å². The van der Waals surface area contributed by atoms with Gasteiger partial charge in [-0.1, -0.05) is 19.1 Å². The maximum atomic E-state index is 13.8. The molecule has 36 heavy (non-hydrogen) atoms. The predicted octanol–water partition coefficient (Wildman–Crippen LogP) is 4.62. The highest BCUT2D eigenvalue weighted by molar-refractivity contribution is 6.11. The minimum Gasteiger partial charge on any atom is -0.504 e. The van der Waals surface area contributed by atoms with Gasteiger partial charge >= 0.3 is 5.97 Å². The Labute approximate surface area is 214 Å². The van der Waals surface area contributed by atoms with Gasteiger partial charge in [-0.05, 0) is 44.3 Å². The summed E-state index contributed by atoms with van der Waals surface area (Å²) in [5.74, 6) is -1.38. The molecule has 0 saturated heterocycles. The number of hydrogen-bond acceptors (Lipinski definition) is 7. The van der Waals surface area contributed by atoms with Crippen LogP contribution in [0.2, 0.25) is 0 Å². The van der Waals surface area contributed by atoms with Crippen molar-refractivity contribution in [3.8, 4) is 0 Å². The van der Waals surface area contributed by atoms with Crippen molar-refractivity contribution < 1.29 is 29.0 Å². The summed E-state index contributed by atoms with van der Waals surface area (Å²) in [6.45, 7) is 15.8. The van der Waals surface area contributed by atoms with E-state index in [9.17, 15) is 19.5 Å². The number of aliphatic hydroxyl groups excluding tert-OH is 1. The highest BCUT2D eigenvalue weighted by Gasteiger charge is 2.59. The molecule has 3 aliphatic rings. The summed E-state index contributed by atoms with van der Waals surface area (Å²) < 4.78 is 11.3. The van der Waals surface area contributed by atoms with E-state index in [-0.39, 0.29) is 24.1 Å². The predicted molar refractivity (Wildman–Crippen MR) is 138 cm³/mol. The van der Waals surface area contributed by atoms with E-state index in [1.807, 2.05) is 31.9 Å². The smallest absolute Gasteiger partial charge is 0.303 e. The van der Waals surface area contributed by atoms with Crippen LogP contribution in [-0.2, 0) is 23.9 Å². The fraction of sp³-hybridized carbons (Fsp3) is 0.552. The lowest BCUT2D eigenvalue weighted by atomic mass is 9.55. The average Bonchev–Trinajstić information content (AvgIpc) is 3.11. The number of rotatable bonds is 10. The molecule has 1 N–H and O–H groups in total. The Hall–Kier alpha value is -2.93. The van der Waals surface area contributed by atoms with Crippen molar-refractivity contribution in [2.24, 2.45) is 16.7 Å². The normalized spacial score (nSPS) is 29.0. The van der Waals surface area contributed by atoms with E-state index >= 15 is 0 Å². The van der Waals surface area contributed by atoms with Gasteiger partial charge in [0.15, 0.2) is 5.76 Å². The van der Waals surface area contributed by atoms with E-state index in [0.29, 0.717) is 55.5 Å². The SMILES string of the molecule is C=CCN(/C=C(/C)C1=C(O)C(=O)C2=C(CCC3(C)C(=O)CCC23)C1(C)[C@@H](COC)OC(C)=O)CC=C. The van der Waals surface area contributed by atoms with E-state index < -0.39 is 28.7 Å². The van der Waals surface area contributed by atoms with Gasteiger partial charge in [0.2, 0.25) is 5.78 Å². The molecule has 1 saturated carbocycles. The fourth-order valence-corrected chi connectivity index (χ4v) is 6.52. The maximum absolute atomic E-state index is 13.8. The standard InChI is InChI=1S/C29H39NO6/c1-8-14-30(15-9-2)16-18(3)25-27(34)26(33)24-20-10-11-22(32)28(20,5)13-12-21(24)29(25,6)23(17-35-7)36-19(4)31/h8-9,16,20,23,34H,1-2,10-15,17H2,3-7H3/b18-16-/t20?,23-,28?,29?/m1/s1. The van der Waals surface area contributed by atoms with Crippen LogP contribution in [-0.4, -0.2) is 60.5 Å². The molecule has 4 atom stereocenters. The first kappa shape index (κ1) is 27.7. The van der Waals surface area contributed by atoms with Gasteiger partial charge in [0.1, 0.15) is 11.9 Å². The summed E-state index contributed by atoms with van der Waals surface area (Å²) in [5, 5.41) is 11.5. The topological polar surface area (TPSA) is 93.1 Å². The fourth-order valence-electron chi connectivity index (χ4n) is 6.52.